The summed E-state index contributed by atoms with van der Waals surface area (Å²) in [6.45, 7) is 3.63. The van der Waals surface area contributed by atoms with Crippen LogP contribution in [0.5, 0.6) is 0 Å². The molecule has 0 spiro atoms. The van der Waals surface area contributed by atoms with Crippen LogP contribution in [0.3, 0.4) is 0 Å². The van der Waals surface area contributed by atoms with Crippen molar-refractivity contribution in [2.75, 3.05) is 13.1 Å². The molecule has 1 aromatic carbocycles. The lowest BCUT2D eigenvalue weighted by molar-refractivity contribution is -0.135. The zero-order chi connectivity index (χ0) is 15.1. The fraction of sp³-hybridized carbons (Fsp3) is 0.556. The third-order valence-corrected chi connectivity index (χ3v) is 4.32. The average Bonchev–Trinajstić information content (AvgIpc) is 2.54. The summed E-state index contributed by atoms with van der Waals surface area (Å²) in [5, 5.41) is 9.11. The van der Waals surface area contributed by atoms with Crippen LogP contribution in [-0.4, -0.2) is 23.9 Å². The van der Waals surface area contributed by atoms with Crippen molar-refractivity contribution in [2.24, 2.45) is 11.8 Å². The summed E-state index contributed by atoms with van der Waals surface area (Å²) in [7, 11) is 0. The standard InChI is InChI=1S/C18H24N2O/c1-2-6-17(14-19)18(21)20-11-9-16(10-12-20)13-15-7-4-3-5-8-15/h3-5,7-8,16-17H,2,6,9-13H2,1H3. The first-order valence-corrected chi connectivity index (χ1v) is 7.97. The molecule has 0 bridgehead atoms. The Bertz CT molecular complexity index is 484. The lowest BCUT2D eigenvalue weighted by atomic mass is 9.89. The molecule has 0 N–H and O–H groups in total. The third-order valence-electron chi connectivity index (χ3n) is 4.32. The van der Waals surface area contributed by atoms with E-state index in [-0.39, 0.29) is 5.91 Å². The summed E-state index contributed by atoms with van der Waals surface area (Å²) in [6, 6.07) is 12.7. The van der Waals surface area contributed by atoms with Gasteiger partial charge in [0, 0.05) is 13.1 Å². The van der Waals surface area contributed by atoms with Crippen LogP contribution in [0.4, 0.5) is 0 Å². The number of carbonyl (C=O) groups excluding carboxylic acids is 1. The fourth-order valence-corrected chi connectivity index (χ4v) is 3.06. The molecule has 1 saturated heterocycles. The SMILES string of the molecule is CCCC(C#N)C(=O)N1CCC(Cc2ccccc2)CC1. The van der Waals surface area contributed by atoms with Crippen molar-refractivity contribution in [3.05, 3.63) is 35.9 Å². The van der Waals surface area contributed by atoms with Gasteiger partial charge in [-0.1, -0.05) is 43.7 Å². The first kappa shape index (κ1) is 15.6. The first-order valence-electron chi connectivity index (χ1n) is 7.97. The van der Waals surface area contributed by atoms with Gasteiger partial charge in [0.1, 0.15) is 5.92 Å². The van der Waals surface area contributed by atoms with Gasteiger partial charge in [-0.2, -0.15) is 5.26 Å². The Labute approximate surface area is 127 Å². The van der Waals surface area contributed by atoms with Crippen LogP contribution in [-0.2, 0) is 11.2 Å². The summed E-state index contributed by atoms with van der Waals surface area (Å²) >= 11 is 0. The second kappa shape index (κ2) is 7.83. The van der Waals surface area contributed by atoms with Gasteiger partial charge in [0.2, 0.25) is 5.91 Å². The monoisotopic (exact) mass is 284 g/mol. The Balaban J connectivity index is 1.83. The Morgan fingerprint density at radius 3 is 2.57 bits per heavy atom. The van der Waals surface area contributed by atoms with Gasteiger partial charge in [-0.15, -0.1) is 0 Å². The molecule has 1 aromatic rings. The maximum Gasteiger partial charge on any atom is 0.239 e. The predicted octanol–water partition coefficient (Wildman–Crippen LogP) is 3.41. The highest BCUT2D eigenvalue weighted by atomic mass is 16.2. The molecule has 1 fully saturated rings. The molecule has 2 rings (SSSR count). The van der Waals surface area contributed by atoms with E-state index in [2.05, 4.69) is 30.3 Å². The second-order valence-corrected chi connectivity index (χ2v) is 5.93. The molecule has 0 aliphatic carbocycles. The van der Waals surface area contributed by atoms with E-state index in [1.807, 2.05) is 17.9 Å². The van der Waals surface area contributed by atoms with E-state index < -0.39 is 5.92 Å². The number of hydrogen-bond donors (Lipinski definition) is 0. The van der Waals surface area contributed by atoms with E-state index in [1.165, 1.54) is 5.56 Å². The van der Waals surface area contributed by atoms with Gasteiger partial charge in [-0.3, -0.25) is 4.79 Å². The summed E-state index contributed by atoms with van der Waals surface area (Å²) < 4.78 is 0. The normalized spacial score (nSPS) is 17.2. The maximum absolute atomic E-state index is 12.3. The molecular weight excluding hydrogens is 260 g/mol. The van der Waals surface area contributed by atoms with Crippen LogP contribution in [0, 0.1) is 23.2 Å². The Hall–Kier alpha value is -1.82. The molecule has 21 heavy (non-hydrogen) atoms. The van der Waals surface area contributed by atoms with E-state index in [0.29, 0.717) is 12.3 Å². The van der Waals surface area contributed by atoms with Gasteiger partial charge in [0.05, 0.1) is 6.07 Å². The molecule has 3 heteroatoms. The van der Waals surface area contributed by atoms with Crippen LogP contribution in [0.1, 0.15) is 38.2 Å². The molecule has 1 atom stereocenters. The summed E-state index contributed by atoms with van der Waals surface area (Å²) in [5.74, 6) is 0.251. The van der Waals surface area contributed by atoms with Crippen molar-refractivity contribution < 1.29 is 4.79 Å². The molecule has 1 aliphatic rings. The Morgan fingerprint density at radius 1 is 1.33 bits per heavy atom. The molecule has 1 amide bonds. The number of amides is 1. The van der Waals surface area contributed by atoms with Gasteiger partial charge >= 0.3 is 0 Å². The number of carbonyl (C=O) groups is 1. The molecule has 0 radical (unpaired) electrons. The number of nitrogens with zero attached hydrogens (tertiary/aromatic N) is 2. The van der Waals surface area contributed by atoms with Gasteiger partial charge in [0.15, 0.2) is 0 Å². The van der Waals surface area contributed by atoms with Crippen molar-refractivity contribution in [3.63, 3.8) is 0 Å². The van der Waals surface area contributed by atoms with E-state index in [0.717, 1.165) is 38.8 Å². The molecule has 1 aliphatic heterocycles. The van der Waals surface area contributed by atoms with E-state index >= 15 is 0 Å². The van der Waals surface area contributed by atoms with Crippen molar-refractivity contribution in [1.29, 1.82) is 5.26 Å². The van der Waals surface area contributed by atoms with Crippen molar-refractivity contribution >= 4 is 5.91 Å². The summed E-state index contributed by atoms with van der Waals surface area (Å²) in [5.41, 5.74) is 1.38. The Kier molecular flexibility index (Phi) is 5.80. The molecule has 112 valence electrons. The number of nitriles is 1. The number of likely N-dealkylation sites (tertiary alicyclic amines) is 1. The number of hydrogen-bond acceptors (Lipinski definition) is 2. The molecule has 0 saturated carbocycles. The summed E-state index contributed by atoms with van der Waals surface area (Å²) in [6.07, 6.45) is 4.75. The lowest BCUT2D eigenvalue weighted by Gasteiger charge is -2.33. The number of rotatable bonds is 5. The maximum atomic E-state index is 12.3. The minimum Gasteiger partial charge on any atom is -0.342 e. The molecular formula is C18H24N2O. The zero-order valence-electron chi connectivity index (χ0n) is 12.8. The van der Waals surface area contributed by atoms with Crippen LogP contribution in [0.25, 0.3) is 0 Å². The van der Waals surface area contributed by atoms with Crippen molar-refractivity contribution in [1.82, 2.24) is 4.90 Å². The van der Waals surface area contributed by atoms with E-state index in [9.17, 15) is 4.79 Å². The largest absolute Gasteiger partial charge is 0.342 e. The topological polar surface area (TPSA) is 44.1 Å². The van der Waals surface area contributed by atoms with Gasteiger partial charge in [-0.05, 0) is 37.2 Å². The fourth-order valence-electron chi connectivity index (χ4n) is 3.06. The molecule has 0 aromatic heterocycles. The lowest BCUT2D eigenvalue weighted by Crippen LogP contribution is -2.41. The van der Waals surface area contributed by atoms with Crippen molar-refractivity contribution in [3.8, 4) is 6.07 Å². The quantitative estimate of drug-likeness (QED) is 0.831. The van der Waals surface area contributed by atoms with Gasteiger partial charge < -0.3 is 4.90 Å². The minimum atomic E-state index is -0.444. The smallest absolute Gasteiger partial charge is 0.239 e. The third kappa shape index (κ3) is 4.32. The minimum absolute atomic E-state index is 0.0394. The van der Waals surface area contributed by atoms with E-state index in [4.69, 9.17) is 5.26 Å². The van der Waals surface area contributed by atoms with Crippen LogP contribution in [0.2, 0.25) is 0 Å². The first-order chi connectivity index (χ1) is 10.2. The van der Waals surface area contributed by atoms with Crippen LogP contribution >= 0.6 is 0 Å². The Morgan fingerprint density at radius 2 is 2.00 bits per heavy atom. The highest BCUT2D eigenvalue weighted by molar-refractivity contribution is 5.81. The summed E-state index contributed by atoms with van der Waals surface area (Å²) in [4.78, 5) is 14.2. The number of benzene rings is 1. The molecule has 1 heterocycles. The second-order valence-electron chi connectivity index (χ2n) is 5.93. The zero-order valence-corrected chi connectivity index (χ0v) is 12.8. The highest BCUT2D eigenvalue weighted by Crippen LogP contribution is 2.23. The molecule has 3 nitrogen and oxygen atoms in total. The van der Waals surface area contributed by atoms with Crippen LogP contribution < -0.4 is 0 Å². The van der Waals surface area contributed by atoms with Crippen molar-refractivity contribution in [2.45, 2.75) is 39.0 Å². The average molecular weight is 284 g/mol. The van der Waals surface area contributed by atoms with Crippen LogP contribution in [0.15, 0.2) is 30.3 Å². The van der Waals surface area contributed by atoms with Gasteiger partial charge in [0.25, 0.3) is 0 Å². The predicted molar refractivity (Wildman–Crippen MR) is 83.5 cm³/mol. The van der Waals surface area contributed by atoms with E-state index in [1.54, 1.807) is 0 Å². The number of piperidine rings is 1. The molecule has 1 unspecified atom stereocenters. The highest BCUT2D eigenvalue weighted by Gasteiger charge is 2.27. The van der Waals surface area contributed by atoms with Gasteiger partial charge in [-0.25, -0.2) is 0 Å².